The van der Waals surface area contributed by atoms with Gasteiger partial charge in [-0.25, -0.2) is 9.78 Å². The summed E-state index contributed by atoms with van der Waals surface area (Å²) in [5.74, 6) is -1.05. The number of nitrogens with zero attached hydrogens (tertiary/aromatic N) is 3. The van der Waals surface area contributed by atoms with Gasteiger partial charge in [0.1, 0.15) is 17.6 Å². The number of hydrogen-bond acceptors (Lipinski definition) is 5. The van der Waals surface area contributed by atoms with Crippen LogP contribution in [0.2, 0.25) is 0 Å². The van der Waals surface area contributed by atoms with Gasteiger partial charge in [-0.15, -0.1) is 0 Å². The SMILES string of the molecule is Cn1c(C(=O)N[C@@H](Cc2cccc3c(-c4c(C(F)(F)F)c5ccccc5n(C)c4=O)cccc23)C(=O)O)cnc1C1CCOCC1. The van der Waals surface area contributed by atoms with Crippen LogP contribution in [0.15, 0.2) is 71.7 Å². The molecule has 0 saturated carbocycles. The summed E-state index contributed by atoms with van der Waals surface area (Å²) in [6, 6.07) is 14.0. The molecule has 12 heteroatoms. The largest absolute Gasteiger partial charge is 0.480 e. The zero-order valence-electron chi connectivity index (χ0n) is 25.1. The van der Waals surface area contributed by atoms with Gasteiger partial charge in [-0.3, -0.25) is 9.59 Å². The van der Waals surface area contributed by atoms with E-state index >= 15 is 0 Å². The number of aromatic nitrogens is 3. The number of aryl methyl sites for hydroxylation is 1. The number of carboxylic acid groups (broad SMARTS) is 1. The van der Waals surface area contributed by atoms with Gasteiger partial charge in [0, 0.05) is 45.0 Å². The molecular formula is C34H31F3N4O5. The molecule has 1 aliphatic heterocycles. The zero-order chi connectivity index (χ0) is 32.7. The van der Waals surface area contributed by atoms with Crippen molar-refractivity contribution in [3.05, 3.63) is 99.9 Å². The molecule has 1 saturated heterocycles. The van der Waals surface area contributed by atoms with Crippen LogP contribution in [-0.2, 0) is 36.2 Å². The Morgan fingerprint density at radius 3 is 2.37 bits per heavy atom. The van der Waals surface area contributed by atoms with Gasteiger partial charge in [0.15, 0.2) is 0 Å². The maximum Gasteiger partial charge on any atom is 0.417 e. The maximum atomic E-state index is 14.6. The molecule has 2 aromatic heterocycles. The molecule has 1 atom stereocenters. The van der Waals surface area contributed by atoms with Gasteiger partial charge in [-0.1, -0.05) is 54.6 Å². The number of ether oxygens (including phenoxy) is 1. The number of carbonyl (C=O) groups excluding carboxylic acids is 1. The number of rotatable bonds is 7. The number of fused-ring (bicyclic) bond motifs is 2. The van der Waals surface area contributed by atoms with E-state index in [1.807, 2.05) is 0 Å². The Hall–Kier alpha value is -4.97. The summed E-state index contributed by atoms with van der Waals surface area (Å²) in [5.41, 5.74) is -1.42. The summed E-state index contributed by atoms with van der Waals surface area (Å²) in [7, 11) is 3.14. The number of carboxylic acids is 1. The number of nitrogens with one attached hydrogen (secondary N) is 1. The van der Waals surface area contributed by atoms with Gasteiger partial charge >= 0.3 is 12.1 Å². The quantitative estimate of drug-likeness (QED) is 0.247. The number of pyridine rings is 1. The van der Waals surface area contributed by atoms with Crippen molar-refractivity contribution < 1.29 is 32.6 Å². The molecule has 2 N–H and O–H groups in total. The number of benzene rings is 3. The summed E-state index contributed by atoms with van der Waals surface area (Å²) in [4.78, 5) is 43.6. The molecule has 3 aromatic carbocycles. The second-order valence-corrected chi connectivity index (χ2v) is 11.5. The Morgan fingerprint density at radius 2 is 1.65 bits per heavy atom. The van der Waals surface area contributed by atoms with Crippen LogP contribution in [0.25, 0.3) is 32.8 Å². The minimum absolute atomic E-state index is 0.0736. The summed E-state index contributed by atoms with van der Waals surface area (Å²) in [6.45, 7) is 1.19. The van der Waals surface area contributed by atoms with Gasteiger partial charge in [0.2, 0.25) is 0 Å². The number of para-hydroxylation sites is 1. The van der Waals surface area contributed by atoms with Crippen LogP contribution in [0.3, 0.4) is 0 Å². The van der Waals surface area contributed by atoms with Gasteiger partial charge in [-0.2, -0.15) is 13.2 Å². The molecule has 6 rings (SSSR count). The number of imidazole rings is 1. The predicted octanol–water partition coefficient (Wildman–Crippen LogP) is 5.43. The number of carbonyl (C=O) groups is 2. The van der Waals surface area contributed by atoms with Crippen molar-refractivity contribution in [1.29, 1.82) is 0 Å². The fourth-order valence-corrected chi connectivity index (χ4v) is 6.43. The van der Waals surface area contributed by atoms with Gasteiger partial charge in [0.05, 0.1) is 22.8 Å². The van der Waals surface area contributed by atoms with Crippen molar-refractivity contribution in [2.75, 3.05) is 13.2 Å². The second kappa shape index (κ2) is 12.1. The fraction of sp³-hybridized carbons (Fsp3) is 0.294. The minimum Gasteiger partial charge on any atom is -0.480 e. The van der Waals surface area contributed by atoms with E-state index in [1.165, 1.54) is 48.1 Å². The normalized spacial score (nSPS) is 14.9. The number of amides is 1. The maximum absolute atomic E-state index is 14.6. The summed E-state index contributed by atoms with van der Waals surface area (Å²) >= 11 is 0. The lowest BCUT2D eigenvalue weighted by molar-refractivity contribution is -0.139. The number of halogens is 3. The molecule has 0 aliphatic carbocycles. The van der Waals surface area contributed by atoms with Crippen molar-refractivity contribution in [2.45, 2.75) is 37.4 Å². The summed E-state index contributed by atoms with van der Waals surface area (Å²) in [6.07, 6.45) is -2.04. The van der Waals surface area contributed by atoms with Crippen molar-refractivity contribution in [3.8, 4) is 11.1 Å². The molecular weight excluding hydrogens is 601 g/mol. The van der Waals surface area contributed by atoms with Crippen LogP contribution in [0.1, 0.15) is 46.2 Å². The number of hydrogen-bond donors (Lipinski definition) is 2. The van der Waals surface area contributed by atoms with E-state index in [0.717, 1.165) is 18.7 Å². The zero-order valence-corrected chi connectivity index (χ0v) is 25.1. The topological polar surface area (TPSA) is 115 Å². The highest BCUT2D eigenvalue weighted by atomic mass is 19.4. The Kier molecular flexibility index (Phi) is 8.15. The Morgan fingerprint density at radius 1 is 0.978 bits per heavy atom. The van der Waals surface area contributed by atoms with Gasteiger partial charge < -0.3 is 24.3 Å². The van der Waals surface area contributed by atoms with Crippen LogP contribution in [0.4, 0.5) is 13.2 Å². The van der Waals surface area contributed by atoms with Crippen molar-refractivity contribution >= 4 is 33.6 Å². The van der Waals surface area contributed by atoms with E-state index in [1.54, 1.807) is 41.9 Å². The first-order valence-corrected chi connectivity index (χ1v) is 14.8. The Balaban J connectivity index is 1.38. The Labute approximate surface area is 261 Å². The molecule has 0 spiro atoms. The molecule has 9 nitrogen and oxygen atoms in total. The fourth-order valence-electron chi connectivity index (χ4n) is 6.43. The lowest BCUT2D eigenvalue weighted by Gasteiger charge is -2.22. The van der Waals surface area contributed by atoms with E-state index in [9.17, 15) is 32.7 Å². The van der Waals surface area contributed by atoms with Crippen LogP contribution in [0, 0.1) is 0 Å². The highest BCUT2D eigenvalue weighted by Gasteiger charge is 2.38. The van der Waals surface area contributed by atoms with Crippen LogP contribution < -0.4 is 10.9 Å². The molecule has 3 heterocycles. The third-order valence-corrected chi connectivity index (χ3v) is 8.74. The third-order valence-electron chi connectivity index (χ3n) is 8.74. The summed E-state index contributed by atoms with van der Waals surface area (Å²) < 4.78 is 52.2. The molecule has 0 radical (unpaired) electrons. The standard InChI is InChI=1S/C34H31F3N4O5/c1-40-27(18-38-30(40)19-13-15-46-16-14-19)31(42)39-25(33(44)45)17-20-7-5-10-22-21(20)9-6-11-23(22)28-29(34(35,36)37)24-8-3-4-12-26(24)41(2)32(28)43/h3-12,18-19,25H,13-17H2,1-2H3,(H,39,42)(H,44,45)/t25-/m0/s1. The van der Waals surface area contributed by atoms with E-state index in [0.29, 0.717) is 29.5 Å². The lowest BCUT2D eigenvalue weighted by Crippen LogP contribution is -2.43. The average Bonchev–Trinajstić information content (AvgIpc) is 3.43. The minimum atomic E-state index is -4.84. The van der Waals surface area contributed by atoms with Crippen LogP contribution >= 0.6 is 0 Å². The predicted molar refractivity (Wildman–Crippen MR) is 166 cm³/mol. The monoisotopic (exact) mass is 632 g/mol. The first-order chi connectivity index (χ1) is 22.0. The second-order valence-electron chi connectivity index (χ2n) is 11.5. The molecule has 0 unspecified atom stereocenters. The molecule has 238 valence electrons. The third kappa shape index (κ3) is 5.53. The van der Waals surface area contributed by atoms with E-state index in [4.69, 9.17) is 4.74 Å². The first kappa shape index (κ1) is 31.0. The van der Waals surface area contributed by atoms with E-state index in [2.05, 4.69) is 10.3 Å². The van der Waals surface area contributed by atoms with Crippen molar-refractivity contribution in [1.82, 2.24) is 19.4 Å². The molecule has 5 aromatic rings. The molecule has 0 bridgehead atoms. The molecule has 1 fully saturated rings. The van der Waals surface area contributed by atoms with E-state index in [-0.39, 0.29) is 34.5 Å². The van der Waals surface area contributed by atoms with Crippen LogP contribution in [0.5, 0.6) is 0 Å². The molecule has 46 heavy (non-hydrogen) atoms. The van der Waals surface area contributed by atoms with Gasteiger partial charge in [0.25, 0.3) is 11.5 Å². The average molecular weight is 633 g/mol. The van der Waals surface area contributed by atoms with Crippen molar-refractivity contribution in [2.24, 2.45) is 14.1 Å². The smallest absolute Gasteiger partial charge is 0.417 e. The molecule has 1 aliphatic rings. The number of aliphatic carboxylic acids is 1. The van der Waals surface area contributed by atoms with Crippen LogP contribution in [-0.4, -0.2) is 50.4 Å². The van der Waals surface area contributed by atoms with Crippen molar-refractivity contribution in [3.63, 3.8) is 0 Å². The Bertz CT molecular complexity index is 2040. The lowest BCUT2D eigenvalue weighted by atomic mass is 9.90. The molecule has 1 amide bonds. The highest BCUT2D eigenvalue weighted by Crippen LogP contribution is 2.42. The van der Waals surface area contributed by atoms with E-state index < -0.39 is 40.8 Å². The highest BCUT2D eigenvalue weighted by molar-refractivity contribution is 6.02. The van der Waals surface area contributed by atoms with Gasteiger partial charge in [-0.05, 0) is 40.8 Å². The summed E-state index contributed by atoms with van der Waals surface area (Å²) in [5, 5.41) is 13.4. The first-order valence-electron chi connectivity index (χ1n) is 14.8. The number of alkyl halides is 3.